The lowest BCUT2D eigenvalue weighted by molar-refractivity contribution is -0.136. The van der Waals surface area contributed by atoms with Gasteiger partial charge in [-0.05, 0) is 12.8 Å². The van der Waals surface area contributed by atoms with Gasteiger partial charge < -0.3 is 10.4 Å². The standard InChI is InChI=1S/C9H13N3O2.C6H10O2/c1-3-6-7(4-2)12-9(14)8(11-6)10-5-13;1-3-5(7)6(8)4-2/h5H,3-4H2,1-2H3,(H,12,14)(H,10,11,13);3-4H2,1-2H3. The zero-order valence-electron chi connectivity index (χ0n) is 13.5. The van der Waals surface area contributed by atoms with Crippen molar-refractivity contribution in [3.8, 4) is 5.88 Å². The average Bonchev–Trinajstić information content (AvgIpc) is 2.55. The number of carbonyl (C=O) groups is 3. The van der Waals surface area contributed by atoms with E-state index in [4.69, 9.17) is 0 Å². The van der Waals surface area contributed by atoms with E-state index in [1.54, 1.807) is 13.8 Å². The molecule has 0 unspecified atom stereocenters. The maximum absolute atomic E-state index is 10.4. The summed E-state index contributed by atoms with van der Waals surface area (Å²) in [7, 11) is 0. The lowest BCUT2D eigenvalue weighted by Crippen LogP contribution is -2.09. The van der Waals surface area contributed by atoms with Crippen molar-refractivity contribution in [2.24, 2.45) is 0 Å². The van der Waals surface area contributed by atoms with Gasteiger partial charge in [0.25, 0.3) is 5.88 Å². The van der Waals surface area contributed by atoms with E-state index in [-0.39, 0.29) is 23.3 Å². The highest BCUT2D eigenvalue weighted by Gasteiger charge is 2.09. The molecule has 1 rings (SSSR count). The molecule has 0 radical (unpaired) electrons. The van der Waals surface area contributed by atoms with Crippen LogP contribution in [0.25, 0.3) is 0 Å². The van der Waals surface area contributed by atoms with Gasteiger partial charge in [-0.3, -0.25) is 14.4 Å². The minimum absolute atomic E-state index is 0.119. The highest BCUT2D eigenvalue weighted by atomic mass is 16.3. The smallest absolute Gasteiger partial charge is 0.255 e. The Bertz CT molecular complexity index is 516. The van der Waals surface area contributed by atoms with Crippen LogP contribution in [0.3, 0.4) is 0 Å². The summed E-state index contributed by atoms with van der Waals surface area (Å²) in [5, 5.41) is 11.7. The summed E-state index contributed by atoms with van der Waals surface area (Å²) in [6.07, 6.45) is 2.59. The molecule has 0 saturated carbocycles. The molecule has 1 amide bonds. The number of hydrogen-bond donors (Lipinski definition) is 2. The molecule has 0 saturated heterocycles. The van der Waals surface area contributed by atoms with Gasteiger partial charge in [0, 0.05) is 12.8 Å². The number of nitrogens with zero attached hydrogens (tertiary/aromatic N) is 2. The maximum Gasteiger partial charge on any atom is 0.255 e. The van der Waals surface area contributed by atoms with Gasteiger partial charge in [-0.25, -0.2) is 9.97 Å². The van der Waals surface area contributed by atoms with Crippen molar-refractivity contribution in [2.45, 2.75) is 53.4 Å². The number of Topliss-reactive ketones (excluding diaryl/α,β-unsaturated/α-hetero) is 2. The molecule has 7 nitrogen and oxygen atoms in total. The van der Waals surface area contributed by atoms with Gasteiger partial charge in [0.05, 0.1) is 11.4 Å². The van der Waals surface area contributed by atoms with E-state index in [0.29, 0.717) is 25.7 Å². The summed E-state index contributed by atoms with van der Waals surface area (Å²) >= 11 is 0. The van der Waals surface area contributed by atoms with Crippen LogP contribution in [-0.2, 0) is 27.2 Å². The Hall–Kier alpha value is -2.31. The highest BCUT2D eigenvalue weighted by Crippen LogP contribution is 2.19. The van der Waals surface area contributed by atoms with Gasteiger partial charge in [-0.1, -0.05) is 27.7 Å². The third-order valence-corrected chi connectivity index (χ3v) is 2.85. The molecule has 1 aromatic rings. The second kappa shape index (κ2) is 10.4. The Morgan fingerprint density at radius 2 is 1.45 bits per heavy atom. The first kappa shape index (κ1) is 19.7. The van der Waals surface area contributed by atoms with Crippen molar-refractivity contribution < 1.29 is 19.5 Å². The van der Waals surface area contributed by atoms with Crippen LogP contribution in [0.2, 0.25) is 0 Å². The molecule has 2 N–H and O–H groups in total. The normalized spacial score (nSPS) is 9.45. The van der Waals surface area contributed by atoms with Crippen LogP contribution in [0, 0.1) is 0 Å². The predicted molar refractivity (Wildman–Crippen MR) is 82.7 cm³/mol. The molecule has 122 valence electrons. The summed E-state index contributed by atoms with van der Waals surface area (Å²) in [5.74, 6) is -0.625. The number of ketones is 2. The van der Waals surface area contributed by atoms with E-state index in [1.165, 1.54) is 0 Å². The molecule has 0 aliphatic carbocycles. The number of aromatic nitrogens is 2. The first-order valence-corrected chi connectivity index (χ1v) is 7.29. The van der Waals surface area contributed by atoms with E-state index in [1.807, 2.05) is 13.8 Å². The molecule has 7 heteroatoms. The lowest BCUT2D eigenvalue weighted by atomic mass is 10.2. The molecule has 0 aliphatic heterocycles. The topological polar surface area (TPSA) is 109 Å². The summed E-state index contributed by atoms with van der Waals surface area (Å²) in [4.78, 5) is 39.0. The minimum Gasteiger partial charge on any atom is -0.491 e. The molecule has 0 atom stereocenters. The Labute approximate surface area is 130 Å². The number of rotatable bonds is 7. The Morgan fingerprint density at radius 1 is 1.00 bits per heavy atom. The zero-order chi connectivity index (χ0) is 17.1. The van der Waals surface area contributed by atoms with Crippen LogP contribution in [0.1, 0.15) is 51.9 Å². The van der Waals surface area contributed by atoms with E-state index in [2.05, 4.69) is 15.3 Å². The monoisotopic (exact) mass is 309 g/mol. The van der Waals surface area contributed by atoms with Crippen LogP contribution in [0.5, 0.6) is 5.88 Å². The molecule has 0 fully saturated rings. The van der Waals surface area contributed by atoms with Crippen LogP contribution < -0.4 is 5.32 Å². The van der Waals surface area contributed by atoms with Crippen molar-refractivity contribution >= 4 is 23.8 Å². The number of hydrogen-bond acceptors (Lipinski definition) is 6. The largest absolute Gasteiger partial charge is 0.491 e. The average molecular weight is 309 g/mol. The maximum atomic E-state index is 10.4. The van der Waals surface area contributed by atoms with Gasteiger partial charge in [0.2, 0.25) is 6.41 Å². The Kier molecular flexibility index (Phi) is 9.33. The van der Waals surface area contributed by atoms with Crippen molar-refractivity contribution in [2.75, 3.05) is 5.32 Å². The minimum atomic E-state index is -0.257. The van der Waals surface area contributed by atoms with E-state index in [9.17, 15) is 19.5 Å². The molecule has 0 aromatic carbocycles. The summed E-state index contributed by atoms with van der Waals surface area (Å²) in [5.41, 5.74) is 1.57. The number of anilines is 1. The fourth-order valence-corrected chi connectivity index (χ4v) is 1.61. The number of aryl methyl sites for hydroxylation is 2. The Balaban J connectivity index is 0.000000472. The fraction of sp³-hybridized carbons (Fsp3) is 0.533. The van der Waals surface area contributed by atoms with Crippen molar-refractivity contribution in [3.05, 3.63) is 11.4 Å². The van der Waals surface area contributed by atoms with Gasteiger partial charge in [-0.2, -0.15) is 0 Å². The van der Waals surface area contributed by atoms with Crippen molar-refractivity contribution in [1.82, 2.24) is 9.97 Å². The number of nitrogens with one attached hydrogen (secondary N) is 1. The SMILES string of the molecule is CCC(=O)C(=O)CC.CCc1nc(O)c(NC=O)nc1CC. The van der Waals surface area contributed by atoms with Crippen molar-refractivity contribution in [3.63, 3.8) is 0 Å². The Morgan fingerprint density at radius 3 is 1.82 bits per heavy atom. The first-order valence-electron chi connectivity index (χ1n) is 7.29. The van der Waals surface area contributed by atoms with E-state index < -0.39 is 0 Å². The second-order valence-electron chi connectivity index (χ2n) is 4.31. The first-order chi connectivity index (χ1) is 10.4. The lowest BCUT2D eigenvalue weighted by Gasteiger charge is -2.07. The predicted octanol–water partition coefficient (Wildman–Crippen LogP) is 1.82. The van der Waals surface area contributed by atoms with Gasteiger partial charge in [0.1, 0.15) is 0 Å². The van der Waals surface area contributed by atoms with Crippen LogP contribution >= 0.6 is 0 Å². The summed E-state index contributed by atoms with van der Waals surface area (Å²) < 4.78 is 0. The molecule has 1 heterocycles. The van der Waals surface area contributed by atoms with Crippen LogP contribution in [0.4, 0.5) is 5.82 Å². The zero-order valence-corrected chi connectivity index (χ0v) is 13.5. The van der Waals surface area contributed by atoms with E-state index in [0.717, 1.165) is 17.8 Å². The van der Waals surface area contributed by atoms with Gasteiger partial charge in [0.15, 0.2) is 17.4 Å². The fourth-order valence-electron chi connectivity index (χ4n) is 1.61. The third-order valence-electron chi connectivity index (χ3n) is 2.85. The summed E-state index contributed by atoms with van der Waals surface area (Å²) in [6, 6.07) is 0. The van der Waals surface area contributed by atoms with Crippen molar-refractivity contribution in [1.29, 1.82) is 0 Å². The molecular formula is C15H23N3O4. The molecule has 1 aromatic heterocycles. The molecule has 0 bridgehead atoms. The number of carbonyl (C=O) groups excluding carboxylic acids is 3. The third kappa shape index (κ3) is 5.99. The quantitative estimate of drug-likeness (QED) is 0.587. The molecule has 0 spiro atoms. The van der Waals surface area contributed by atoms with Crippen LogP contribution in [0.15, 0.2) is 0 Å². The molecule has 0 aliphatic rings. The van der Waals surface area contributed by atoms with Crippen LogP contribution in [-0.4, -0.2) is 33.1 Å². The summed E-state index contributed by atoms with van der Waals surface area (Å²) in [6.45, 7) is 7.27. The van der Waals surface area contributed by atoms with E-state index >= 15 is 0 Å². The highest BCUT2D eigenvalue weighted by molar-refractivity contribution is 6.36. The molecular weight excluding hydrogens is 286 g/mol. The number of amides is 1. The second-order valence-corrected chi connectivity index (χ2v) is 4.31. The van der Waals surface area contributed by atoms with Gasteiger partial charge >= 0.3 is 0 Å². The molecule has 22 heavy (non-hydrogen) atoms. The number of aromatic hydroxyl groups is 1. The van der Waals surface area contributed by atoms with Gasteiger partial charge in [-0.15, -0.1) is 0 Å².